The van der Waals surface area contributed by atoms with Gasteiger partial charge in [0.1, 0.15) is 0 Å². The van der Waals surface area contributed by atoms with Crippen LogP contribution in [-0.2, 0) is 6.42 Å². The summed E-state index contributed by atoms with van der Waals surface area (Å²) in [5.41, 5.74) is 1.33. The Hall–Kier alpha value is -0.340. The lowest BCUT2D eigenvalue weighted by Gasteiger charge is -2.13. The van der Waals surface area contributed by atoms with Crippen LogP contribution >= 0.6 is 15.9 Å². The molecule has 0 saturated heterocycles. The molecule has 1 N–H and O–H groups in total. The van der Waals surface area contributed by atoms with E-state index in [9.17, 15) is 5.11 Å². The summed E-state index contributed by atoms with van der Waals surface area (Å²) >= 11 is 3.41. The van der Waals surface area contributed by atoms with Crippen molar-refractivity contribution in [2.24, 2.45) is 5.92 Å². The van der Waals surface area contributed by atoms with E-state index in [1.807, 2.05) is 6.92 Å². The van der Waals surface area contributed by atoms with Crippen LogP contribution in [0.3, 0.4) is 0 Å². The summed E-state index contributed by atoms with van der Waals surface area (Å²) in [6.07, 6.45) is 1.72. The van der Waals surface area contributed by atoms with Gasteiger partial charge in [0.25, 0.3) is 0 Å². The van der Waals surface area contributed by atoms with Crippen LogP contribution in [0.25, 0.3) is 0 Å². The molecule has 2 heteroatoms. The molecule has 1 rings (SSSR count). The van der Waals surface area contributed by atoms with Gasteiger partial charge in [0.15, 0.2) is 0 Å². The predicted octanol–water partition coefficient (Wildman–Crippen LogP) is 3.40. The number of hydrogen-bond donors (Lipinski definition) is 1. The largest absolute Gasteiger partial charge is 0.393 e. The lowest BCUT2D eigenvalue weighted by atomic mass is 9.96. The number of aliphatic hydroxyl groups excluding tert-OH is 1. The van der Waals surface area contributed by atoms with Crippen molar-refractivity contribution in [3.63, 3.8) is 0 Å². The minimum absolute atomic E-state index is 0.194. The first kappa shape index (κ1) is 11.7. The maximum Gasteiger partial charge on any atom is 0.0514 e. The predicted molar refractivity (Wildman–Crippen MR) is 63.3 cm³/mol. The number of benzene rings is 1. The molecule has 2 unspecified atom stereocenters. The summed E-state index contributed by atoms with van der Waals surface area (Å²) in [5, 5.41) is 9.24. The SMILES string of the molecule is CC(O)CC(C)Cc1ccc(Br)cc1. The monoisotopic (exact) mass is 256 g/mol. The van der Waals surface area contributed by atoms with Crippen molar-refractivity contribution in [1.82, 2.24) is 0 Å². The number of rotatable bonds is 4. The Kier molecular flexibility index (Phi) is 4.63. The maximum absolute atomic E-state index is 9.24. The van der Waals surface area contributed by atoms with Crippen LogP contribution in [-0.4, -0.2) is 11.2 Å². The average molecular weight is 257 g/mol. The lowest BCUT2D eigenvalue weighted by molar-refractivity contribution is 0.164. The van der Waals surface area contributed by atoms with E-state index in [1.165, 1.54) is 5.56 Å². The zero-order valence-corrected chi connectivity index (χ0v) is 10.3. The van der Waals surface area contributed by atoms with Gasteiger partial charge in [-0.3, -0.25) is 0 Å². The van der Waals surface area contributed by atoms with Crippen LogP contribution < -0.4 is 0 Å². The molecule has 14 heavy (non-hydrogen) atoms. The van der Waals surface area contributed by atoms with Crippen molar-refractivity contribution < 1.29 is 5.11 Å². The van der Waals surface area contributed by atoms with E-state index in [0.717, 1.165) is 17.3 Å². The van der Waals surface area contributed by atoms with E-state index < -0.39 is 0 Å². The summed E-state index contributed by atoms with van der Waals surface area (Å²) < 4.78 is 1.12. The molecule has 1 aromatic carbocycles. The van der Waals surface area contributed by atoms with Crippen LogP contribution in [0.5, 0.6) is 0 Å². The topological polar surface area (TPSA) is 20.2 Å². The van der Waals surface area contributed by atoms with Crippen LogP contribution in [0.2, 0.25) is 0 Å². The second kappa shape index (κ2) is 5.52. The second-order valence-corrected chi connectivity index (χ2v) is 4.94. The quantitative estimate of drug-likeness (QED) is 0.876. The maximum atomic E-state index is 9.24. The van der Waals surface area contributed by atoms with Gasteiger partial charge in [-0.05, 0) is 43.4 Å². The molecule has 0 aliphatic rings. The highest BCUT2D eigenvalue weighted by molar-refractivity contribution is 9.10. The molecule has 0 radical (unpaired) electrons. The Bertz CT molecular complexity index is 266. The fourth-order valence-corrected chi connectivity index (χ4v) is 1.95. The van der Waals surface area contributed by atoms with Gasteiger partial charge in [0, 0.05) is 4.47 Å². The van der Waals surface area contributed by atoms with Crippen molar-refractivity contribution >= 4 is 15.9 Å². The van der Waals surface area contributed by atoms with E-state index in [1.54, 1.807) is 0 Å². The van der Waals surface area contributed by atoms with Crippen molar-refractivity contribution in [3.8, 4) is 0 Å². The zero-order chi connectivity index (χ0) is 10.6. The van der Waals surface area contributed by atoms with Gasteiger partial charge >= 0.3 is 0 Å². The Morgan fingerprint density at radius 1 is 1.21 bits per heavy atom. The minimum atomic E-state index is -0.194. The normalized spacial score (nSPS) is 15.1. The van der Waals surface area contributed by atoms with E-state index in [2.05, 4.69) is 47.1 Å². The Balaban J connectivity index is 2.47. The Morgan fingerprint density at radius 3 is 2.29 bits per heavy atom. The second-order valence-electron chi connectivity index (χ2n) is 4.02. The number of halogens is 1. The molecule has 0 saturated carbocycles. The molecule has 1 nitrogen and oxygen atoms in total. The van der Waals surface area contributed by atoms with Crippen LogP contribution in [0.4, 0.5) is 0 Å². The third kappa shape index (κ3) is 4.25. The molecule has 0 aliphatic heterocycles. The molecule has 0 aromatic heterocycles. The lowest BCUT2D eigenvalue weighted by Crippen LogP contribution is -2.09. The van der Waals surface area contributed by atoms with Crippen LogP contribution in [0.15, 0.2) is 28.7 Å². The molecule has 78 valence electrons. The van der Waals surface area contributed by atoms with Crippen LogP contribution in [0, 0.1) is 5.92 Å². The first-order chi connectivity index (χ1) is 6.58. The smallest absolute Gasteiger partial charge is 0.0514 e. The van der Waals surface area contributed by atoms with Crippen molar-refractivity contribution in [1.29, 1.82) is 0 Å². The van der Waals surface area contributed by atoms with Gasteiger partial charge in [0.05, 0.1) is 6.10 Å². The molecule has 1 aromatic rings. The molecule has 0 spiro atoms. The van der Waals surface area contributed by atoms with Crippen molar-refractivity contribution in [3.05, 3.63) is 34.3 Å². The molecule has 0 bridgehead atoms. The molecule has 0 amide bonds. The molecule has 0 fully saturated rings. The number of aliphatic hydroxyl groups is 1. The molecular weight excluding hydrogens is 240 g/mol. The summed E-state index contributed by atoms with van der Waals surface area (Å²) in [7, 11) is 0. The standard InChI is InChI=1S/C12H17BrO/c1-9(7-10(2)14)8-11-3-5-12(13)6-4-11/h3-6,9-10,14H,7-8H2,1-2H3. The fourth-order valence-electron chi connectivity index (χ4n) is 1.69. The first-order valence-corrected chi connectivity index (χ1v) is 5.79. The highest BCUT2D eigenvalue weighted by Crippen LogP contribution is 2.16. The van der Waals surface area contributed by atoms with E-state index in [4.69, 9.17) is 0 Å². The van der Waals surface area contributed by atoms with Crippen molar-refractivity contribution in [2.45, 2.75) is 32.8 Å². The van der Waals surface area contributed by atoms with Gasteiger partial charge in [-0.15, -0.1) is 0 Å². The van der Waals surface area contributed by atoms with E-state index in [0.29, 0.717) is 5.92 Å². The third-order valence-electron chi connectivity index (χ3n) is 2.24. The summed E-state index contributed by atoms with van der Waals surface area (Å²) in [6.45, 7) is 4.02. The molecule has 0 aliphatic carbocycles. The summed E-state index contributed by atoms with van der Waals surface area (Å²) in [4.78, 5) is 0. The Labute approximate surface area is 94.3 Å². The highest BCUT2D eigenvalue weighted by atomic mass is 79.9. The van der Waals surface area contributed by atoms with Gasteiger partial charge in [-0.1, -0.05) is 35.0 Å². The van der Waals surface area contributed by atoms with Gasteiger partial charge in [0.2, 0.25) is 0 Å². The first-order valence-electron chi connectivity index (χ1n) is 5.00. The third-order valence-corrected chi connectivity index (χ3v) is 2.77. The van der Waals surface area contributed by atoms with E-state index >= 15 is 0 Å². The summed E-state index contributed by atoms with van der Waals surface area (Å²) in [5.74, 6) is 0.538. The zero-order valence-electron chi connectivity index (χ0n) is 8.70. The Morgan fingerprint density at radius 2 is 1.79 bits per heavy atom. The molecule has 0 heterocycles. The van der Waals surface area contributed by atoms with Crippen molar-refractivity contribution in [2.75, 3.05) is 0 Å². The average Bonchev–Trinajstić information content (AvgIpc) is 2.07. The summed E-state index contributed by atoms with van der Waals surface area (Å²) in [6, 6.07) is 8.38. The molecular formula is C12H17BrO. The fraction of sp³-hybridized carbons (Fsp3) is 0.500. The van der Waals surface area contributed by atoms with Crippen LogP contribution in [0.1, 0.15) is 25.8 Å². The number of hydrogen-bond acceptors (Lipinski definition) is 1. The highest BCUT2D eigenvalue weighted by Gasteiger charge is 2.06. The van der Waals surface area contributed by atoms with Gasteiger partial charge in [-0.25, -0.2) is 0 Å². The van der Waals surface area contributed by atoms with Gasteiger partial charge in [-0.2, -0.15) is 0 Å². The minimum Gasteiger partial charge on any atom is -0.393 e. The van der Waals surface area contributed by atoms with E-state index in [-0.39, 0.29) is 6.10 Å². The molecule has 2 atom stereocenters. The van der Waals surface area contributed by atoms with Gasteiger partial charge < -0.3 is 5.11 Å².